The van der Waals surface area contributed by atoms with Crippen LogP contribution in [0.15, 0.2) is 41.4 Å². The second-order valence-corrected chi connectivity index (χ2v) is 6.94. The van der Waals surface area contributed by atoms with Gasteiger partial charge in [-0.05, 0) is 37.3 Å². The maximum Gasteiger partial charge on any atom is 0.387 e. The predicted molar refractivity (Wildman–Crippen MR) is 87.1 cm³/mol. The third kappa shape index (κ3) is 3.53. The fraction of sp³-hybridized carbons (Fsp3) is 0.200. The highest BCUT2D eigenvalue weighted by Crippen LogP contribution is 2.23. The molecule has 0 saturated carbocycles. The number of ether oxygens (including phenoxy) is 1. The van der Waals surface area contributed by atoms with E-state index in [1.54, 1.807) is 18.7 Å². The van der Waals surface area contributed by atoms with Crippen LogP contribution >= 0.6 is 0 Å². The Hall–Kier alpha value is -2.75. The Labute approximate surface area is 142 Å². The van der Waals surface area contributed by atoms with Gasteiger partial charge in [0.05, 0.1) is 5.69 Å². The van der Waals surface area contributed by atoms with Gasteiger partial charge in [0.15, 0.2) is 5.65 Å². The van der Waals surface area contributed by atoms with Crippen molar-refractivity contribution in [3.05, 3.63) is 42.2 Å². The van der Waals surface area contributed by atoms with Crippen LogP contribution in [0.2, 0.25) is 0 Å². The van der Waals surface area contributed by atoms with Gasteiger partial charge in [-0.15, -0.1) is 0 Å². The first-order valence-corrected chi connectivity index (χ1v) is 8.61. The molecule has 3 rings (SSSR count). The Balaban J connectivity index is 1.87. The van der Waals surface area contributed by atoms with Gasteiger partial charge < -0.3 is 4.74 Å². The summed E-state index contributed by atoms with van der Waals surface area (Å²) in [7, 11) is -2.17. The van der Waals surface area contributed by atoms with Crippen molar-refractivity contribution in [1.82, 2.24) is 14.8 Å². The summed E-state index contributed by atoms with van der Waals surface area (Å²) in [5.41, 5.74) is 1.45. The van der Waals surface area contributed by atoms with Crippen molar-refractivity contribution in [2.45, 2.75) is 18.4 Å². The van der Waals surface area contributed by atoms with E-state index >= 15 is 0 Å². The second-order valence-electron chi connectivity index (χ2n) is 5.26. The monoisotopic (exact) mass is 368 g/mol. The third-order valence-electron chi connectivity index (χ3n) is 3.48. The fourth-order valence-electron chi connectivity index (χ4n) is 2.35. The van der Waals surface area contributed by atoms with Crippen molar-refractivity contribution >= 4 is 26.7 Å². The van der Waals surface area contributed by atoms with Crippen LogP contribution in [0.4, 0.5) is 14.5 Å². The summed E-state index contributed by atoms with van der Waals surface area (Å²) in [5.74, 6) is -0.0629. The van der Waals surface area contributed by atoms with E-state index in [1.165, 1.54) is 36.5 Å². The lowest BCUT2D eigenvalue weighted by Gasteiger charge is -2.09. The van der Waals surface area contributed by atoms with Crippen LogP contribution in [0.1, 0.15) is 5.69 Å². The number of halogens is 2. The molecule has 3 aromatic rings. The molecule has 0 atom stereocenters. The number of hydrogen-bond donors (Lipinski definition) is 1. The molecule has 2 aromatic heterocycles. The molecule has 0 unspecified atom stereocenters. The number of fused-ring (bicyclic) bond motifs is 1. The van der Waals surface area contributed by atoms with Gasteiger partial charge in [0, 0.05) is 24.3 Å². The first-order chi connectivity index (χ1) is 11.8. The number of rotatable bonds is 5. The van der Waals surface area contributed by atoms with Crippen LogP contribution < -0.4 is 9.46 Å². The second kappa shape index (κ2) is 6.28. The van der Waals surface area contributed by atoms with Crippen LogP contribution in [0.5, 0.6) is 5.75 Å². The van der Waals surface area contributed by atoms with E-state index in [9.17, 15) is 17.2 Å². The zero-order valence-electron chi connectivity index (χ0n) is 13.3. The number of anilines is 1. The summed E-state index contributed by atoms with van der Waals surface area (Å²) in [6.45, 7) is -1.18. The lowest BCUT2D eigenvalue weighted by atomic mass is 10.3. The van der Waals surface area contributed by atoms with Gasteiger partial charge in [0.25, 0.3) is 10.0 Å². The maximum absolute atomic E-state index is 12.5. The summed E-state index contributed by atoms with van der Waals surface area (Å²) in [6.07, 6.45) is 1.24. The quantitative estimate of drug-likeness (QED) is 0.748. The topological polar surface area (TPSA) is 86.1 Å². The molecule has 1 aromatic carbocycles. The molecular formula is C15H14F2N4O3S. The number of pyridine rings is 1. The number of nitrogens with one attached hydrogen (secondary N) is 1. The van der Waals surface area contributed by atoms with Gasteiger partial charge >= 0.3 is 6.61 Å². The highest BCUT2D eigenvalue weighted by molar-refractivity contribution is 7.92. The molecule has 0 fully saturated rings. The molecule has 0 amide bonds. The van der Waals surface area contributed by atoms with E-state index in [2.05, 4.69) is 19.5 Å². The van der Waals surface area contributed by atoms with Crippen molar-refractivity contribution in [3.63, 3.8) is 0 Å². The van der Waals surface area contributed by atoms with E-state index < -0.39 is 16.6 Å². The summed E-state index contributed by atoms with van der Waals surface area (Å²) in [4.78, 5) is 4.11. The van der Waals surface area contributed by atoms with Gasteiger partial charge in [-0.3, -0.25) is 9.40 Å². The Morgan fingerprint density at radius 3 is 2.56 bits per heavy atom. The fourth-order valence-corrected chi connectivity index (χ4v) is 3.38. The molecule has 0 spiro atoms. The van der Waals surface area contributed by atoms with Crippen LogP contribution in [-0.2, 0) is 17.1 Å². The molecule has 0 saturated heterocycles. The number of aromatic nitrogens is 3. The van der Waals surface area contributed by atoms with E-state index in [1.807, 2.05) is 0 Å². The van der Waals surface area contributed by atoms with Gasteiger partial charge in [-0.2, -0.15) is 13.9 Å². The highest BCUT2D eigenvalue weighted by Gasteiger charge is 2.18. The highest BCUT2D eigenvalue weighted by atomic mass is 32.2. The number of sulfonamides is 1. The zero-order chi connectivity index (χ0) is 18.2. The number of hydrogen-bond acceptors (Lipinski definition) is 5. The summed E-state index contributed by atoms with van der Waals surface area (Å²) < 4.78 is 57.4. The standard InChI is InChI=1S/C15H14F2N4O3S/c1-9-13-7-12(8-18-14(13)21(2)19-9)25(22,23)20-10-3-5-11(6-4-10)24-15(16)17/h3-8,15,20H,1-2H3. The summed E-state index contributed by atoms with van der Waals surface area (Å²) >= 11 is 0. The summed E-state index contributed by atoms with van der Waals surface area (Å²) in [6, 6.07) is 6.64. The largest absolute Gasteiger partial charge is 0.435 e. The molecule has 0 aliphatic rings. The summed E-state index contributed by atoms with van der Waals surface area (Å²) in [5, 5.41) is 4.83. The SMILES string of the molecule is Cc1nn(C)c2ncc(S(=O)(=O)Nc3ccc(OC(F)F)cc3)cc12. The Bertz CT molecular complexity index is 1020. The molecule has 0 bridgehead atoms. The van der Waals surface area contributed by atoms with Gasteiger partial charge in [0.2, 0.25) is 0 Å². The Kier molecular flexibility index (Phi) is 4.29. The normalized spacial score (nSPS) is 11.9. The zero-order valence-corrected chi connectivity index (χ0v) is 14.1. The lowest BCUT2D eigenvalue weighted by Crippen LogP contribution is -2.13. The van der Waals surface area contributed by atoms with Crippen molar-refractivity contribution < 1.29 is 21.9 Å². The predicted octanol–water partition coefficient (Wildman–Crippen LogP) is 2.68. The van der Waals surface area contributed by atoms with Crippen LogP contribution in [0, 0.1) is 6.92 Å². The molecule has 0 radical (unpaired) electrons. The van der Waals surface area contributed by atoms with Gasteiger partial charge in [-0.25, -0.2) is 13.4 Å². The molecule has 0 aliphatic carbocycles. The third-order valence-corrected chi connectivity index (χ3v) is 4.83. The number of alkyl halides is 2. The van der Waals surface area contributed by atoms with E-state index in [4.69, 9.17) is 0 Å². The molecule has 2 heterocycles. The molecule has 132 valence electrons. The average Bonchev–Trinajstić information content (AvgIpc) is 2.83. The van der Waals surface area contributed by atoms with E-state index in [0.29, 0.717) is 16.7 Å². The average molecular weight is 368 g/mol. The van der Waals surface area contributed by atoms with Crippen molar-refractivity contribution in [3.8, 4) is 5.75 Å². The smallest absolute Gasteiger partial charge is 0.387 e. The number of aryl methyl sites for hydroxylation is 2. The molecule has 0 aliphatic heterocycles. The Morgan fingerprint density at radius 1 is 1.24 bits per heavy atom. The number of benzene rings is 1. The van der Waals surface area contributed by atoms with Crippen molar-refractivity contribution in [2.24, 2.45) is 7.05 Å². The minimum Gasteiger partial charge on any atom is -0.435 e. The molecule has 7 nitrogen and oxygen atoms in total. The maximum atomic E-state index is 12.5. The van der Waals surface area contributed by atoms with Gasteiger partial charge in [-0.1, -0.05) is 0 Å². The minimum absolute atomic E-state index is 0.0241. The van der Waals surface area contributed by atoms with Crippen LogP contribution in [0.25, 0.3) is 11.0 Å². The first-order valence-electron chi connectivity index (χ1n) is 7.13. The Morgan fingerprint density at radius 2 is 1.92 bits per heavy atom. The van der Waals surface area contributed by atoms with Crippen LogP contribution in [0.3, 0.4) is 0 Å². The van der Waals surface area contributed by atoms with Crippen molar-refractivity contribution in [1.29, 1.82) is 0 Å². The minimum atomic E-state index is -3.89. The molecule has 10 heteroatoms. The lowest BCUT2D eigenvalue weighted by molar-refractivity contribution is -0.0498. The van der Waals surface area contributed by atoms with Crippen LogP contribution in [-0.4, -0.2) is 29.8 Å². The van der Waals surface area contributed by atoms with E-state index in [0.717, 1.165) is 0 Å². The van der Waals surface area contributed by atoms with Gasteiger partial charge in [0.1, 0.15) is 10.6 Å². The molecule has 1 N–H and O–H groups in total. The molecular weight excluding hydrogens is 354 g/mol. The van der Waals surface area contributed by atoms with E-state index in [-0.39, 0.29) is 16.3 Å². The number of nitrogens with zero attached hydrogens (tertiary/aromatic N) is 3. The van der Waals surface area contributed by atoms with Crippen molar-refractivity contribution in [2.75, 3.05) is 4.72 Å². The molecule has 25 heavy (non-hydrogen) atoms. The first kappa shape index (κ1) is 17.1.